The Morgan fingerprint density at radius 1 is 1.55 bits per heavy atom. The zero-order valence-corrected chi connectivity index (χ0v) is 12.7. The average molecular weight is 294 g/mol. The summed E-state index contributed by atoms with van der Waals surface area (Å²) in [6.07, 6.45) is 4.66. The molecule has 0 fully saturated rings. The van der Waals surface area contributed by atoms with Crippen molar-refractivity contribution in [2.45, 2.75) is 20.3 Å². The van der Waals surface area contributed by atoms with Crippen LogP contribution in [0.3, 0.4) is 0 Å². The quantitative estimate of drug-likeness (QED) is 0.825. The summed E-state index contributed by atoms with van der Waals surface area (Å²) in [5.74, 6) is -0.317. The second-order valence-electron chi connectivity index (χ2n) is 4.39. The summed E-state index contributed by atoms with van der Waals surface area (Å²) in [6, 6.07) is 0. The van der Waals surface area contributed by atoms with Gasteiger partial charge in [0.05, 0.1) is 18.5 Å². The summed E-state index contributed by atoms with van der Waals surface area (Å²) in [7, 11) is 1.89. The van der Waals surface area contributed by atoms with Crippen molar-refractivity contribution in [1.82, 2.24) is 14.2 Å². The molecule has 6 nitrogen and oxygen atoms in total. The van der Waals surface area contributed by atoms with Gasteiger partial charge < -0.3 is 10.1 Å². The van der Waals surface area contributed by atoms with Gasteiger partial charge in [-0.2, -0.15) is 9.47 Å². The van der Waals surface area contributed by atoms with Crippen molar-refractivity contribution in [3.63, 3.8) is 0 Å². The lowest BCUT2D eigenvalue weighted by atomic mass is 10.2. The van der Waals surface area contributed by atoms with Gasteiger partial charge in [-0.15, -0.1) is 0 Å². The molecule has 0 atom stereocenters. The van der Waals surface area contributed by atoms with Crippen molar-refractivity contribution >= 4 is 22.5 Å². The topological polar surface area (TPSA) is 69.0 Å². The minimum atomic E-state index is -0.317. The Morgan fingerprint density at radius 3 is 3.00 bits per heavy atom. The van der Waals surface area contributed by atoms with Crippen LogP contribution in [-0.4, -0.2) is 33.3 Å². The van der Waals surface area contributed by atoms with E-state index in [2.05, 4.69) is 14.8 Å². The van der Waals surface area contributed by atoms with Gasteiger partial charge in [0.2, 0.25) is 0 Å². The first-order valence-electron chi connectivity index (χ1n) is 6.46. The molecule has 20 heavy (non-hydrogen) atoms. The molecular weight excluding hydrogens is 276 g/mol. The van der Waals surface area contributed by atoms with Crippen LogP contribution in [0.1, 0.15) is 28.5 Å². The number of nitrogens with one attached hydrogen (secondary N) is 1. The van der Waals surface area contributed by atoms with E-state index in [-0.39, 0.29) is 5.97 Å². The minimum absolute atomic E-state index is 0.317. The number of ether oxygens (including phenoxy) is 1. The summed E-state index contributed by atoms with van der Waals surface area (Å²) < 4.78 is 11.0. The van der Waals surface area contributed by atoms with Crippen LogP contribution >= 0.6 is 11.5 Å². The molecular formula is C13H18N4O2S. The molecule has 0 saturated carbocycles. The van der Waals surface area contributed by atoms with E-state index in [4.69, 9.17) is 4.74 Å². The van der Waals surface area contributed by atoms with Gasteiger partial charge in [-0.1, -0.05) is 0 Å². The van der Waals surface area contributed by atoms with Gasteiger partial charge in [0, 0.05) is 19.8 Å². The lowest BCUT2D eigenvalue weighted by Gasteiger charge is -2.06. The molecule has 7 heteroatoms. The molecule has 0 aliphatic rings. The first-order chi connectivity index (χ1) is 9.61. The van der Waals surface area contributed by atoms with Crippen molar-refractivity contribution in [2.24, 2.45) is 7.05 Å². The summed E-state index contributed by atoms with van der Waals surface area (Å²) in [4.78, 5) is 11.9. The normalized spacial score (nSPS) is 10.6. The van der Waals surface area contributed by atoms with Crippen LogP contribution in [-0.2, 0) is 18.2 Å². The van der Waals surface area contributed by atoms with Gasteiger partial charge >= 0.3 is 5.97 Å². The first kappa shape index (κ1) is 14.5. The SMILES string of the molecule is CCOC(=O)c1c(C)nsc1NCCc1cnn(C)c1. The zero-order valence-electron chi connectivity index (χ0n) is 11.8. The molecule has 0 bridgehead atoms. The molecule has 0 aliphatic heterocycles. The number of carbonyl (C=O) groups is 1. The minimum Gasteiger partial charge on any atom is -0.462 e. The molecule has 2 aromatic rings. The van der Waals surface area contributed by atoms with Crippen molar-refractivity contribution in [1.29, 1.82) is 0 Å². The number of rotatable bonds is 6. The highest BCUT2D eigenvalue weighted by Gasteiger charge is 2.19. The molecule has 0 spiro atoms. The van der Waals surface area contributed by atoms with Gasteiger partial charge in [0.25, 0.3) is 0 Å². The number of aryl methyl sites for hydroxylation is 2. The number of hydrogen-bond acceptors (Lipinski definition) is 6. The third kappa shape index (κ3) is 3.36. The van der Waals surface area contributed by atoms with Gasteiger partial charge in [0.15, 0.2) is 0 Å². The summed E-state index contributed by atoms with van der Waals surface area (Å²) in [6.45, 7) is 4.70. The van der Waals surface area contributed by atoms with Gasteiger partial charge in [-0.3, -0.25) is 4.68 Å². The van der Waals surface area contributed by atoms with Crippen molar-refractivity contribution in [2.75, 3.05) is 18.5 Å². The fourth-order valence-electron chi connectivity index (χ4n) is 1.86. The van der Waals surface area contributed by atoms with Crippen molar-refractivity contribution in [3.05, 3.63) is 29.2 Å². The highest BCUT2D eigenvalue weighted by molar-refractivity contribution is 7.10. The van der Waals surface area contributed by atoms with Crippen molar-refractivity contribution in [3.8, 4) is 0 Å². The zero-order chi connectivity index (χ0) is 14.5. The Hall–Kier alpha value is -1.89. The van der Waals surface area contributed by atoms with Gasteiger partial charge in [-0.05, 0) is 37.4 Å². The number of hydrogen-bond donors (Lipinski definition) is 1. The summed E-state index contributed by atoms with van der Waals surface area (Å²) in [5.41, 5.74) is 2.40. The molecule has 0 aliphatic carbocycles. The third-order valence-corrected chi connectivity index (χ3v) is 3.70. The fourth-order valence-corrected chi connectivity index (χ4v) is 2.66. The monoisotopic (exact) mass is 294 g/mol. The van der Waals surface area contributed by atoms with E-state index in [1.807, 2.05) is 26.4 Å². The predicted molar refractivity (Wildman–Crippen MR) is 78.2 cm³/mol. The van der Waals surface area contributed by atoms with Crippen LogP contribution in [0.5, 0.6) is 0 Å². The van der Waals surface area contributed by atoms with Crippen LogP contribution in [0.2, 0.25) is 0 Å². The second-order valence-corrected chi connectivity index (χ2v) is 5.17. The third-order valence-electron chi connectivity index (χ3n) is 2.80. The molecule has 2 rings (SSSR count). The first-order valence-corrected chi connectivity index (χ1v) is 7.24. The molecule has 0 aromatic carbocycles. The Balaban J connectivity index is 1.97. The molecule has 2 aromatic heterocycles. The summed E-state index contributed by atoms with van der Waals surface area (Å²) in [5, 5.41) is 8.14. The number of aromatic nitrogens is 3. The maximum Gasteiger partial charge on any atom is 0.343 e. The molecule has 108 valence electrons. The van der Waals surface area contributed by atoms with Crippen LogP contribution in [0.15, 0.2) is 12.4 Å². The molecule has 0 radical (unpaired) electrons. The number of esters is 1. The van der Waals surface area contributed by atoms with E-state index in [0.29, 0.717) is 17.9 Å². The molecule has 2 heterocycles. The van der Waals surface area contributed by atoms with Crippen LogP contribution in [0, 0.1) is 6.92 Å². The maximum atomic E-state index is 11.9. The fraction of sp³-hybridized carbons (Fsp3) is 0.462. The van der Waals surface area contributed by atoms with E-state index in [9.17, 15) is 4.79 Å². The highest BCUT2D eigenvalue weighted by Crippen LogP contribution is 2.25. The van der Waals surface area contributed by atoms with E-state index in [1.165, 1.54) is 11.5 Å². The molecule has 0 unspecified atom stereocenters. The van der Waals surface area contributed by atoms with Gasteiger partial charge in [-0.25, -0.2) is 4.79 Å². The second kappa shape index (κ2) is 6.51. The predicted octanol–water partition coefficient (Wildman–Crippen LogP) is 2.02. The largest absolute Gasteiger partial charge is 0.462 e. The number of nitrogens with zero attached hydrogens (tertiary/aromatic N) is 3. The standard InChI is InChI=1S/C13H18N4O2S/c1-4-19-13(18)11-9(2)16-20-12(11)14-6-5-10-7-15-17(3)8-10/h7-8,14H,4-6H2,1-3H3. The van der Waals surface area contributed by atoms with Crippen LogP contribution in [0.25, 0.3) is 0 Å². The van der Waals surface area contributed by atoms with E-state index < -0.39 is 0 Å². The summed E-state index contributed by atoms with van der Waals surface area (Å²) >= 11 is 1.29. The Kier molecular flexibility index (Phi) is 4.73. The van der Waals surface area contributed by atoms with E-state index in [1.54, 1.807) is 11.6 Å². The Morgan fingerprint density at radius 2 is 2.35 bits per heavy atom. The van der Waals surface area contributed by atoms with Crippen molar-refractivity contribution < 1.29 is 9.53 Å². The lowest BCUT2D eigenvalue weighted by Crippen LogP contribution is -2.10. The van der Waals surface area contributed by atoms with Crippen LogP contribution in [0.4, 0.5) is 5.00 Å². The lowest BCUT2D eigenvalue weighted by molar-refractivity contribution is 0.0527. The molecule has 1 N–H and O–H groups in total. The molecule has 0 amide bonds. The maximum absolute atomic E-state index is 11.9. The number of anilines is 1. The molecule has 0 saturated heterocycles. The van der Waals surface area contributed by atoms with Gasteiger partial charge in [0.1, 0.15) is 10.6 Å². The Bertz CT molecular complexity index is 591. The highest BCUT2D eigenvalue weighted by atomic mass is 32.1. The van der Waals surface area contributed by atoms with Crippen LogP contribution < -0.4 is 5.32 Å². The smallest absolute Gasteiger partial charge is 0.343 e. The number of carbonyl (C=O) groups excluding carboxylic acids is 1. The van der Waals surface area contributed by atoms with E-state index in [0.717, 1.165) is 23.5 Å². The Labute approximate surface area is 121 Å². The average Bonchev–Trinajstić information content (AvgIpc) is 2.97. The van der Waals surface area contributed by atoms with E-state index >= 15 is 0 Å².